The van der Waals surface area contributed by atoms with Gasteiger partial charge in [0.15, 0.2) is 0 Å². The number of nitrogens with two attached hydrogens (primary N) is 1. The number of nitrogens with zero attached hydrogens (tertiary/aromatic N) is 1. The zero-order valence-corrected chi connectivity index (χ0v) is 9.42. The first-order valence-corrected chi connectivity index (χ1v) is 5.38. The van der Waals surface area contributed by atoms with E-state index in [1.807, 2.05) is 6.20 Å². The summed E-state index contributed by atoms with van der Waals surface area (Å²) < 4.78 is 0.903. The first-order valence-electron chi connectivity index (χ1n) is 4.59. The van der Waals surface area contributed by atoms with E-state index in [2.05, 4.69) is 40.0 Å². The molecule has 3 heteroatoms. The van der Waals surface area contributed by atoms with Gasteiger partial charge in [0.2, 0.25) is 0 Å². The molecule has 0 bridgehead atoms. The van der Waals surface area contributed by atoms with Crippen molar-refractivity contribution in [3.63, 3.8) is 0 Å². The lowest BCUT2D eigenvalue weighted by molar-refractivity contribution is 0.613. The molecule has 1 heterocycles. The molecule has 2 nitrogen and oxygen atoms in total. The molecule has 1 rings (SSSR count). The van der Waals surface area contributed by atoms with Gasteiger partial charge in [0.25, 0.3) is 0 Å². The van der Waals surface area contributed by atoms with E-state index in [4.69, 9.17) is 5.73 Å². The van der Waals surface area contributed by atoms with Gasteiger partial charge in [-0.15, -0.1) is 0 Å². The van der Waals surface area contributed by atoms with Crippen molar-refractivity contribution in [2.45, 2.75) is 25.7 Å². The molecule has 0 spiro atoms. The highest BCUT2D eigenvalue weighted by Gasteiger charge is 2.08. The highest BCUT2D eigenvalue weighted by atomic mass is 79.9. The first-order chi connectivity index (χ1) is 6.27. The van der Waals surface area contributed by atoms with Crippen LogP contribution in [0.1, 0.15) is 31.2 Å². The number of aromatic nitrogens is 1. The van der Waals surface area contributed by atoms with E-state index in [-0.39, 0.29) is 0 Å². The van der Waals surface area contributed by atoms with E-state index in [1.54, 1.807) is 0 Å². The van der Waals surface area contributed by atoms with Crippen molar-refractivity contribution in [3.05, 3.63) is 28.5 Å². The highest BCUT2D eigenvalue weighted by Crippen LogP contribution is 2.23. The van der Waals surface area contributed by atoms with Gasteiger partial charge in [-0.05, 0) is 58.9 Å². The van der Waals surface area contributed by atoms with Crippen LogP contribution in [0.5, 0.6) is 0 Å². The number of hydrogen-bond donors (Lipinski definition) is 1. The topological polar surface area (TPSA) is 38.9 Å². The van der Waals surface area contributed by atoms with Crippen molar-refractivity contribution >= 4 is 15.9 Å². The van der Waals surface area contributed by atoms with E-state index in [0.29, 0.717) is 5.92 Å². The summed E-state index contributed by atoms with van der Waals surface area (Å²) in [5, 5.41) is 0. The summed E-state index contributed by atoms with van der Waals surface area (Å²) in [6, 6.07) is 4.14. The summed E-state index contributed by atoms with van der Waals surface area (Å²) in [6.45, 7) is 2.94. The van der Waals surface area contributed by atoms with Crippen molar-refractivity contribution in [2.24, 2.45) is 5.73 Å². The predicted octanol–water partition coefficient (Wildman–Crippen LogP) is 2.69. The molecule has 0 aliphatic carbocycles. The lowest BCUT2D eigenvalue weighted by Crippen LogP contribution is -2.06. The van der Waals surface area contributed by atoms with Crippen LogP contribution in [0, 0.1) is 0 Å². The molecule has 0 aliphatic rings. The highest BCUT2D eigenvalue weighted by molar-refractivity contribution is 9.10. The van der Waals surface area contributed by atoms with E-state index < -0.39 is 0 Å². The second kappa shape index (κ2) is 5.35. The van der Waals surface area contributed by atoms with Crippen molar-refractivity contribution in [1.29, 1.82) is 0 Å². The van der Waals surface area contributed by atoms with Crippen LogP contribution in [0.2, 0.25) is 0 Å². The molecular formula is C10H15BrN2. The molecule has 0 amide bonds. The molecular weight excluding hydrogens is 228 g/mol. The third-order valence-corrected chi connectivity index (χ3v) is 2.66. The van der Waals surface area contributed by atoms with E-state index in [0.717, 1.165) is 24.0 Å². The van der Waals surface area contributed by atoms with Gasteiger partial charge in [0, 0.05) is 6.20 Å². The van der Waals surface area contributed by atoms with Crippen LogP contribution in [-0.2, 0) is 0 Å². The third-order valence-electron chi connectivity index (χ3n) is 2.23. The van der Waals surface area contributed by atoms with Crippen molar-refractivity contribution in [2.75, 3.05) is 6.54 Å². The fourth-order valence-corrected chi connectivity index (χ4v) is 1.86. The lowest BCUT2D eigenvalue weighted by Gasteiger charge is -2.13. The molecule has 1 aromatic rings. The van der Waals surface area contributed by atoms with E-state index >= 15 is 0 Å². The zero-order valence-electron chi connectivity index (χ0n) is 7.83. The molecule has 1 aromatic heterocycles. The van der Waals surface area contributed by atoms with E-state index in [1.165, 1.54) is 5.56 Å². The Morgan fingerprint density at radius 3 is 2.92 bits per heavy atom. The van der Waals surface area contributed by atoms with Crippen molar-refractivity contribution < 1.29 is 0 Å². The molecule has 0 fully saturated rings. The molecule has 2 N–H and O–H groups in total. The number of hydrogen-bond acceptors (Lipinski definition) is 2. The monoisotopic (exact) mass is 242 g/mol. The second-order valence-electron chi connectivity index (χ2n) is 3.09. The molecule has 1 unspecified atom stereocenters. The zero-order chi connectivity index (χ0) is 9.68. The predicted molar refractivity (Wildman–Crippen MR) is 58.6 cm³/mol. The van der Waals surface area contributed by atoms with Crippen LogP contribution in [0.4, 0.5) is 0 Å². The van der Waals surface area contributed by atoms with Gasteiger partial charge in [0.05, 0.1) is 0 Å². The average Bonchev–Trinajstić information content (AvgIpc) is 2.14. The van der Waals surface area contributed by atoms with Crippen LogP contribution in [0.25, 0.3) is 0 Å². The molecule has 0 saturated heterocycles. The van der Waals surface area contributed by atoms with Crippen molar-refractivity contribution in [1.82, 2.24) is 4.98 Å². The van der Waals surface area contributed by atoms with Gasteiger partial charge in [-0.25, -0.2) is 4.98 Å². The molecule has 13 heavy (non-hydrogen) atoms. The Morgan fingerprint density at radius 2 is 2.38 bits per heavy atom. The maximum Gasteiger partial charge on any atom is 0.106 e. The fraction of sp³-hybridized carbons (Fsp3) is 0.500. The van der Waals surface area contributed by atoms with Gasteiger partial charge in [-0.1, -0.05) is 6.92 Å². The van der Waals surface area contributed by atoms with Gasteiger partial charge in [-0.3, -0.25) is 0 Å². The number of pyridine rings is 1. The molecule has 0 aliphatic heterocycles. The summed E-state index contributed by atoms with van der Waals surface area (Å²) in [5.74, 6) is 0.573. The minimum Gasteiger partial charge on any atom is -0.330 e. The smallest absolute Gasteiger partial charge is 0.106 e. The molecule has 0 aromatic carbocycles. The average molecular weight is 243 g/mol. The minimum atomic E-state index is 0.573. The molecule has 1 atom stereocenters. The molecule has 72 valence electrons. The Hall–Kier alpha value is -0.410. The van der Waals surface area contributed by atoms with Crippen LogP contribution in [-0.4, -0.2) is 11.5 Å². The molecule has 0 radical (unpaired) electrons. The Kier molecular flexibility index (Phi) is 4.39. The number of rotatable bonds is 4. The van der Waals surface area contributed by atoms with Crippen LogP contribution in [0.3, 0.4) is 0 Å². The Labute approximate surface area is 87.7 Å². The minimum absolute atomic E-state index is 0.573. The normalized spacial score (nSPS) is 12.8. The summed E-state index contributed by atoms with van der Waals surface area (Å²) in [5.41, 5.74) is 6.88. The Bertz CT molecular complexity index is 263. The maximum absolute atomic E-state index is 5.55. The number of halogens is 1. The largest absolute Gasteiger partial charge is 0.330 e. The molecule has 0 saturated carbocycles. The summed E-state index contributed by atoms with van der Waals surface area (Å²) in [7, 11) is 0. The quantitative estimate of drug-likeness (QED) is 0.825. The van der Waals surface area contributed by atoms with Gasteiger partial charge in [0.1, 0.15) is 4.60 Å². The van der Waals surface area contributed by atoms with Crippen molar-refractivity contribution in [3.8, 4) is 0 Å². The SMILES string of the molecule is CCC(CCN)c1ccnc(Br)c1. The van der Waals surface area contributed by atoms with Gasteiger partial charge < -0.3 is 5.73 Å². The summed E-state index contributed by atoms with van der Waals surface area (Å²) in [6.07, 6.45) is 4.01. The first kappa shape index (κ1) is 10.7. The summed E-state index contributed by atoms with van der Waals surface area (Å²) >= 11 is 3.37. The Balaban J connectivity index is 2.78. The summed E-state index contributed by atoms with van der Waals surface area (Å²) in [4.78, 5) is 4.10. The van der Waals surface area contributed by atoms with Crippen LogP contribution in [0.15, 0.2) is 22.9 Å². The standard InChI is InChI=1S/C10H15BrN2/c1-2-8(3-5-12)9-4-6-13-10(11)7-9/h4,6-8H,2-3,5,12H2,1H3. The lowest BCUT2D eigenvalue weighted by atomic mass is 9.94. The van der Waals surface area contributed by atoms with Crippen LogP contribution >= 0.6 is 15.9 Å². The van der Waals surface area contributed by atoms with E-state index in [9.17, 15) is 0 Å². The van der Waals surface area contributed by atoms with Gasteiger partial charge in [-0.2, -0.15) is 0 Å². The maximum atomic E-state index is 5.55. The van der Waals surface area contributed by atoms with Crippen LogP contribution < -0.4 is 5.73 Å². The van der Waals surface area contributed by atoms with Gasteiger partial charge >= 0.3 is 0 Å². The second-order valence-corrected chi connectivity index (χ2v) is 3.91. The fourth-order valence-electron chi connectivity index (χ4n) is 1.48. The Morgan fingerprint density at radius 1 is 1.62 bits per heavy atom. The third kappa shape index (κ3) is 3.08.